The Hall–Kier alpha value is -2.26. The molecule has 1 aliphatic heterocycles. The highest BCUT2D eigenvalue weighted by molar-refractivity contribution is 7.98. The van der Waals surface area contributed by atoms with Gasteiger partial charge in [0.1, 0.15) is 25.0 Å². The van der Waals surface area contributed by atoms with Gasteiger partial charge in [-0.25, -0.2) is 15.0 Å². The molecule has 25 heavy (non-hydrogen) atoms. The van der Waals surface area contributed by atoms with E-state index in [1.807, 2.05) is 6.26 Å². The number of thioether (sulfide) groups is 1. The molecule has 3 heterocycles. The number of aromatic nitrogens is 4. The van der Waals surface area contributed by atoms with Crippen LogP contribution in [0.4, 0.5) is 5.82 Å². The van der Waals surface area contributed by atoms with Crippen molar-refractivity contribution in [1.29, 1.82) is 5.26 Å². The quantitative estimate of drug-likeness (QED) is 0.648. The smallest absolute Gasteiger partial charge is 0.239 e. The van der Waals surface area contributed by atoms with Crippen LogP contribution in [0.15, 0.2) is 12.7 Å². The van der Waals surface area contributed by atoms with E-state index in [9.17, 15) is 15.0 Å². The Morgan fingerprint density at radius 2 is 2.24 bits per heavy atom. The molecular formula is C14H16N6O4S. The molecular weight excluding hydrogens is 348 g/mol. The Labute approximate surface area is 146 Å². The number of nitrogens with zero attached hydrogens (tertiary/aromatic N) is 5. The van der Waals surface area contributed by atoms with Gasteiger partial charge in [-0.05, 0) is 6.26 Å². The summed E-state index contributed by atoms with van der Waals surface area (Å²) in [4.78, 5) is 23.9. The third-order valence-electron chi connectivity index (χ3n) is 3.80. The molecule has 11 heteroatoms. The Balaban J connectivity index is 1.91. The van der Waals surface area contributed by atoms with E-state index in [0.717, 1.165) is 0 Å². The lowest BCUT2D eigenvalue weighted by molar-refractivity contribution is -0.115. The average molecular weight is 364 g/mol. The molecule has 1 amide bonds. The highest BCUT2D eigenvalue weighted by Gasteiger charge is 2.44. The second-order valence-electron chi connectivity index (χ2n) is 5.43. The number of carbonyl (C=O) groups is 1. The van der Waals surface area contributed by atoms with Gasteiger partial charge in [-0.2, -0.15) is 17.0 Å². The van der Waals surface area contributed by atoms with Crippen molar-refractivity contribution in [3.8, 4) is 6.07 Å². The summed E-state index contributed by atoms with van der Waals surface area (Å²) < 4.78 is 7.24. The van der Waals surface area contributed by atoms with E-state index in [-0.39, 0.29) is 12.2 Å². The molecule has 0 bridgehead atoms. The summed E-state index contributed by atoms with van der Waals surface area (Å²) in [6, 6.07) is 1.75. The van der Waals surface area contributed by atoms with Crippen LogP contribution in [0.1, 0.15) is 12.6 Å². The van der Waals surface area contributed by atoms with E-state index in [1.165, 1.54) is 29.0 Å². The Morgan fingerprint density at radius 3 is 2.96 bits per heavy atom. The number of imidazole rings is 1. The topological polar surface area (TPSA) is 146 Å². The fourth-order valence-electron chi connectivity index (χ4n) is 2.64. The number of rotatable bonds is 5. The number of anilines is 1. The van der Waals surface area contributed by atoms with E-state index in [0.29, 0.717) is 16.9 Å². The summed E-state index contributed by atoms with van der Waals surface area (Å²) >= 11 is 1.50. The first-order valence-electron chi connectivity index (χ1n) is 7.41. The van der Waals surface area contributed by atoms with Gasteiger partial charge in [-0.3, -0.25) is 9.36 Å². The van der Waals surface area contributed by atoms with Crippen LogP contribution < -0.4 is 5.32 Å². The number of aliphatic hydroxyl groups excluding tert-OH is 2. The van der Waals surface area contributed by atoms with Crippen LogP contribution >= 0.6 is 11.8 Å². The van der Waals surface area contributed by atoms with Crippen molar-refractivity contribution >= 4 is 34.7 Å². The molecule has 0 aliphatic carbocycles. The molecule has 4 atom stereocenters. The summed E-state index contributed by atoms with van der Waals surface area (Å²) in [5.41, 5.74) is 0.635. The fraction of sp³-hybridized carbons (Fsp3) is 0.500. The first kappa shape index (κ1) is 17.6. The molecule has 1 fully saturated rings. The molecule has 3 rings (SSSR count). The van der Waals surface area contributed by atoms with Gasteiger partial charge in [-0.15, -0.1) is 0 Å². The third-order valence-corrected chi connectivity index (χ3v) is 4.46. The maximum atomic E-state index is 11.6. The zero-order chi connectivity index (χ0) is 18.0. The molecule has 132 valence electrons. The van der Waals surface area contributed by atoms with Gasteiger partial charge >= 0.3 is 0 Å². The van der Waals surface area contributed by atoms with E-state index in [4.69, 9.17) is 10.00 Å². The highest BCUT2D eigenvalue weighted by atomic mass is 32.2. The molecule has 1 saturated heterocycles. The summed E-state index contributed by atoms with van der Waals surface area (Å²) in [5, 5.41) is 31.5. The van der Waals surface area contributed by atoms with Gasteiger partial charge in [0.15, 0.2) is 23.2 Å². The predicted octanol–water partition coefficient (Wildman–Crippen LogP) is -0.339. The molecule has 1 aliphatic rings. The van der Waals surface area contributed by atoms with E-state index >= 15 is 0 Å². The number of nitriles is 1. The van der Waals surface area contributed by atoms with Gasteiger partial charge < -0.3 is 20.3 Å². The molecule has 0 saturated carbocycles. The van der Waals surface area contributed by atoms with Crippen LogP contribution in [0.5, 0.6) is 0 Å². The van der Waals surface area contributed by atoms with Crippen LogP contribution in [-0.4, -0.2) is 66.0 Å². The lowest BCUT2D eigenvalue weighted by Crippen LogP contribution is -2.32. The summed E-state index contributed by atoms with van der Waals surface area (Å²) in [7, 11) is 0. The molecule has 0 unspecified atom stereocenters. The summed E-state index contributed by atoms with van der Waals surface area (Å²) in [6.45, 7) is 0. The van der Waals surface area contributed by atoms with Crippen molar-refractivity contribution in [2.45, 2.75) is 31.0 Å². The largest absolute Gasteiger partial charge is 0.387 e. The van der Waals surface area contributed by atoms with Crippen LogP contribution in [0.2, 0.25) is 0 Å². The number of hydrogen-bond donors (Lipinski definition) is 3. The lowest BCUT2D eigenvalue weighted by atomic mass is 10.1. The van der Waals surface area contributed by atoms with Gasteiger partial charge in [-0.1, -0.05) is 0 Å². The number of amides is 1. The fourth-order valence-corrected chi connectivity index (χ4v) is 3.24. The highest BCUT2D eigenvalue weighted by Crippen LogP contribution is 2.33. The first-order valence-corrected chi connectivity index (χ1v) is 8.81. The minimum Gasteiger partial charge on any atom is -0.387 e. The third kappa shape index (κ3) is 3.29. The Kier molecular flexibility index (Phi) is 5.14. The second-order valence-corrected chi connectivity index (χ2v) is 6.34. The van der Waals surface area contributed by atoms with Crippen LogP contribution in [0.3, 0.4) is 0 Å². The minimum absolute atomic E-state index is 0.165. The normalized spacial score (nSPS) is 25.8. The van der Waals surface area contributed by atoms with Crippen LogP contribution in [-0.2, 0) is 9.53 Å². The number of aliphatic hydroxyl groups is 2. The zero-order valence-corrected chi connectivity index (χ0v) is 14.1. The van der Waals surface area contributed by atoms with Crippen molar-refractivity contribution in [1.82, 2.24) is 19.5 Å². The molecule has 3 N–H and O–H groups in total. The maximum Gasteiger partial charge on any atom is 0.239 e. The number of fused-ring (bicyclic) bond motifs is 1. The van der Waals surface area contributed by atoms with Crippen molar-refractivity contribution in [3.05, 3.63) is 12.7 Å². The number of nitrogens with one attached hydrogen (secondary N) is 1. The van der Waals surface area contributed by atoms with Gasteiger partial charge in [0, 0.05) is 5.75 Å². The zero-order valence-electron chi connectivity index (χ0n) is 13.2. The number of hydrogen-bond acceptors (Lipinski definition) is 9. The molecule has 0 aromatic carbocycles. The van der Waals surface area contributed by atoms with Crippen molar-refractivity contribution in [3.63, 3.8) is 0 Å². The number of carbonyl (C=O) groups excluding carboxylic acids is 1. The van der Waals surface area contributed by atoms with Crippen molar-refractivity contribution in [2.24, 2.45) is 0 Å². The van der Waals surface area contributed by atoms with Gasteiger partial charge in [0.2, 0.25) is 5.91 Å². The standard InChI is InChI=1S/C14H16N6O4S/c1-25-4-7-10(22)11(23)14(24-7)20-6-18-9-12(16-5-17-13(9)20)19-8(21)2-3-15/h5-7,10-11,14,22-23H,2,4H2,1H3,(H,16,17,19,21)/t7-,10-,11-,14-/m1/s1. The van der Waals surface area contributed by atoms with Crippen LogP contribution in [0, 0.1) is 11.3 Å². The molecule has 2 aromatic heterocycles. The molecule has 0 spiro atoms. The van der Waals surface area contributed by atoms with Gasteiger partial charge in [0.05, 0.1) is 18.5 Å². The van der Waals surface area contributed by atoms with Crippen molar-refractivity contribution < 1.29 is 19.7 Å². The lowest BCUT2D eigenvalue weighted by Gasteiger charge is -2.16. The molecule has 0 radical (unpaired) electrons. The molecule has 10 nitrogen and oxygen atoms in total. The minimum atomic E-state index is -1.14. The van der Waals surface area contributed by atoms with E-state index in [2.05, 4.69) is 20.3 Å². The van der Waals surface area contributed by atoms with Crippen molar-refractivity contribution in [2.75, 3.05) is 17.3 Å². The molecule has 2 aromatic rings. The first-order chi connectivity index (χ1) is 12.1. The van der Waals surface area contributed by atoms with Crippen LogP contribution in [0.25, 0.3) is 11.2 Å². The number of ether oxygens (including phenoxy) is 1. The SMILES string of the molecule is CSC[C@H]1O[C@@H](n2cnc3c(NC(=O)CC#N)ncnc32)[C@H](O)[C@@H]1O. The van der Waals surface area contributed by atoms with Gasteiger partial charge in [0.25, 0.3) is 0 Å². The Morgan fingerprint density at radius 1 is 1.44 bits per heavy atom. The van der Waals surface area contributed by atoms with E-state index < -0.39 is 30.4 Å². The maximum absolute atomic E-state index is 11.6. The second kappa shape index (κ2) is 7.32. The summed E-state index contributed by atoms with van der Waals surface area (Å²) in [6.07, 6.45) is 0.693. The Bertz CT molecular complexity index is 821. The average Bonchev–Trinajstić information content (AvgIpc) is 3.13. The predicted molar refractivity (Wildman–Crippen MR) is 88.5 cm³/mol. The summed E-state index contributed by atoms with van der Waals surface area (Å²) in [5.74, 6) is 0.188. The monoisotopic (exact) mass is 364 g/mol. The van der Waals surface area contributed by atoms with E-state index in [1.54, 1.807) is 6.07 Å².